The van der Waals surface area contributed by atoms with E-state index in [0.717, 1.165) is 22.5 Å². The molecular weight excluding hydrogens is 328 g/mol. The number of aryl methyl sites for hydroxylation is 3. The molecule has 7 heteroatoms. The van der Waals surface area contributed by atoms with Gasteiger partial charge in [-0.05, 0) is 44.4 Å². The molecule has 2 aromatic heterocycles. The number of rotatable bonds is 3. The number of nitrogens with zero attached hydrogens (tertiary/aromatic N) is 4. The number of fused-ring (bicyclic) bond motifs is 1. The number of thioether (sulfide) groups is 1. The Hall–Kier alpha value is -1.86. The number of carbonyl (C=O) groups excluding carboxylic acids is 1. The lowest BCUT2D eigenvalue weighted by Crippen LogP contribution is -2.16. The van der Waals surface area contributed by atoms with Crippen LogP contribution in [0.3, 0.4) is 0 Å². The third-order valence-corrected chi connectivity index (χ3v) is 5.50. The van der Waals surface area contributed by atoms with Gasteiger partial charge in [-0.1, -0.05) is 11.3 Å². The Morgan fingerprint density at radius 3 is 2.78 bits per heavy atom. The van der Waals surface area contributed by atoms with Crippen LogP contribution in [0.15, 0.2) is 34.2 Å². The lowest BCUT2D eigenvalue weighted by Gasteiger charge is -2.00. The van der Waals surface area contributed by atoms with E-state index in [1.807, 2.05) is 14.0 Å². The maximum absolute atomic E-state index is 12.4. The van der Waals surface area contributed by atoms with Crippen LogP contribution in [0.2, 0.25) is 0 Å². The highest BCUT2D eigenvalue weighted by atomic mass is 32.2. The minimum atomic E-state index is -0.299. The monoisotopic (exact) mass is 346 g/mol. The van der Waals surface area contributed by atoms with Crippen LogP contribution >= 0.6 is 23.1 Å². The number of hydrogen-bond donors (Lipinski definition) is 0. The molecule has 0 radical (unpaired) electrons. The van der Waals surface area contributed by atoms with Gasteiger partial charge in [0.1, 0.15) is 0 Å². The molecule has 0 aliphatic heterocycles. The molecule has 0 unspecified atom stereocenters. The van der Waals surface area contributed by atoms with Gasteiger partial charge >= 0.3 is 0 Å². The zero-order valence-corrected chi connectivity index (χ0v) is 15.2. The molecule has 0 saturated carbocycles. The third kappa shape index (κ3) is 2.98. The number of carbonyl (C=O) groups is 1. The zero-order valence-electron chi connectivity index (χ0n) is 13.5. The summed E-state index contributed by atoms with van der Waals surface area (Å²) in [5.41, 5.74) is 2.43. The van der Waals surface area contributed by atoms with Crippen LogP contribution in [0.5, 0.6) is 0 Å². The van der Waals surface area contributed by atoms with Crippen molar-refractivity contribution in [2.24, 2.45) is 12.0 Å². The van der Waals surface area contributed by atoms with E-state index in [4.69, 9.17) is 0 Å². The van der Waals surface area contributed by atoms with Gasteiger partial charge in [-0.15, -0.1) is 11.8 Å². The minimum Gasteiger partial charge on any atom is -0.317 e. The van der Waals surface area contributed by atoms with Crippen molar-refractivity contribution in [1.82, 2.24) is 14.3 Å². The van der Waals surface area contributed by atoms with Gasteiger partial charge in [0.2, 0.25) is 0 Å². The van der Waals surface area contributed by atoms with Crippen molar-refractivity contribution in [1.29, 1.82) is 0 Å². The summed E-state index contributed by atoms with van der Waals surface area (Å²) < 4.78 is 4.90. The highest BCUT2D eigenvalue weighted by molar-refractivity contribution is 7.98. The fourth-order valence-corrected chi connectivity index (χ4v) is 4.03. The average molecular weight is 346 g/mol. The molecule has 0 fully saturated rings. The molecule has 5 nitrogen and oxygen atoms in total. The van der Waals surface area contributed by atoms with Gasteiger partial charge in [0.05, 0.1) is 10.2 Å². The molecule has 0 atom stereocenters. The number of aromatic nitrogens is 3. The van der Waals surface area contributed by atoms with Crippen LogP contribution in [0.4, 0.5) is 0 Å². The Bertz CT molecular complexity index is 929. The summed E-state index contributed by atoms with van der Waals surface area (Å²) in [4.78, 5) is 18.6. The first kappa shape index (κ1) is 16.0. The molecular formula is C16H18N4OS2. The van der Waals surface area contributed by atoms with Crippen LogP contribution in [-0.2, 0) is 13.6 Å². The maximum Gasteiger partial charge on any atom is 0.300 e. The van der Waals surface area contributed by atoms with Crippen LogP contribution in [0.25, 0.3) is 10.2 Å². The zero-order chi connectivity index (χ0) is 16.6. The van der Waals surface area contributed by atoms with E-state index in [2.05, 4.69) is 46.0 Å². The Balaban J connectivity index is 2.12. The number of hydrogen-bond acceptors (Lipinski definition) is 4. The number of amides is 1. The molecule has 1 amide bonds. The second-order valence-electron chi connectivity index (χ2n) is 5.17. The fourth-order valence-electron chi connectivity index (χ4n) is 2.38. The molecule has 0 aliphatic carbocycles. The quantitative estimate of drug-likeness (QED) is 0.684. The average Bonchev–Trinajstić information content (AvgIpc) is 3.06. The summed E-state index contributed by atoms with van der Waals surface area (Å²) in [5, 5.41) is 4.21. The summed E-state index contributed by atoms with van der Waals surface area (Å²) in [6.07, 6.45) is 2.06. The molecule has 2 heterocycles. The molecule has 0 spiro atoms. The van der Waals surface area contributed by atoms with Gasteiger partial charge in [-0.25, -0.2) is 0 Å². The van der Waals surface area contributed by atoms with Crippen LogP contribution in [-0.4, -0.2) is 26.5 Å². The van der Waals surface area contributed by atoms with Crippen molar-refractivity contribution < 1.29 is 4.79 Å². The summed E-state index contributed by atoms with van der Waals surface area (Å²) in [6.45, 7) is 4.74. The first-order chi connectivity index (χ1) is 11.0. The molecule has 23 heavy (non-hydrogen) atoms. The highest BCUT2D eigenvalue weighted by Gasteiger charge is 2.12. The number of thiazole rings is 1. The van der Waals surface area contributed by atoms with Crippen molar-refractivity contribution in [2.45, 2.75) is 25.3 Å². The highest BCUT2D eigenvalue weighted by Crippen LogP contribution is 2.24. The Morgan fingerprint density at radius 1 is 1.39 bits per heavy atom. The van der Waals surface area contributed by atoms with E-state index in [-0.39, 0.29) is 5.91 Å². The molecule has 0 bridgehead atoms. The van der Waals surface area contributed by atoms with E-state index in [1.54, 1.807) is 22.5 Å². The summed E-state index contributed by atoms with van der Waals surface area (Å²) in [6, 6.07) is 8.10. The van der Waals surface area contributed by atoms with Crippen LogP contribution in [0, 0.1) is 6.92 Å². The lowest BCUT2D eigenvalue weighted by molar-refractivity contribution is 0.0992. The number of benzene rings is 1. The predicted molar refractivity (Wildman–Crippen MR) is 95.1 cm³/mol. The standard InChI is InChI=1S/C16H18N4OS2/c1-5-20-13-7-6-11(22-4)9-14(13)23-16(20)17-15(21)12-8-10(2)19(3)18-12/h6-9H,5H2,1-4H3. The first-order valence-electron chi connectivity index (χ1n) is 7.30. The van der Waals surface area contributed by atoms with Gasteiger partial charge in [-0.3, -0.25) is 9.48 Å². The van der Waals surface area contributed by atoms with Crippen molar-refractivity contribution in [3.05, 3.63) is 40.5 Å². The third-order valence-electron chi connectivity index (χ3n) is 3.74. The van der Waals surface area contributed by atoms with Gasteiger partial charge in [0, 0.05) is 24.2 Å². The van der Waals surface area contributed by atoms with Crippen molar-refractivity contribution >= 4 is 39.2 Å². The fraction of sp³-hybridized carbons (Fsp3) is 0.312. The summed E-state index contributed by atoms with van der Waals surface area (Å²) in [5.74, 6) is -0.299. The van der Waals surface area contributed by atoms with Crippen molar-refractivity contribution in [3.63, 3.8) is 0 Å². The lowest BCUT2D eigenvalue weighted by atomic mass is 10.3. The second kappa shape index (κ2) is 6.33. The summed E-state index contributed by atoms with van der Waals surface area (Å²) >= 11 is 3.25. The second-order valence-corrected chi connectivity index (χ2v) is 7.06. The van der Waals surface area contributed by atoms with Gasteiger partial charge in [0.25, 0.3) is 5.91 Å². The maximum atomic E-state index is 12.4. The van der Waals surface area contributed by atoms with Gasteiger partial charge in [-0.2, -0.15) is 10.1 Å². The van der Waals surface area contributed by atoms with E-state index in [9.17, 15) is 4.79 Å². The normalized spacial score (nSPS) is 12.3. The smallest absolute Gasteiger partial charge is 0.300 e. The largest absolute Gasteiger partial charge is 0.317 e. The molecule has 3 rings (SSSR count). The van der Waals surface area contributed by atoms with Crippen molar-refractivity contribution in [2.75, 3.05) is 6.26 Å². The van der Waals surface area contributed by atoms with Crippen LogP contribution in [0.1, 0.15) is 23.1 Å². The van der Waals surface area contributed by atoms with Gasteiger partial charge < -0.3 is 4.57 Å². The Labute approximate surface area is 142 Å². The van der Waals surface area contributed by atoms with Crippen LogP contribution < -0.4 is 4.80 Å². The molecule has 0 saturated heterocycles. The molecule has 0 aliphatic rings. The Kier molecular flexibility index (Phi) is 4.41. The van der Waals surface area contributed by atoms with E-state index >= 15 is 0 Å². The van der Waals surface area contributed by atoms with Crippen molar-refractivity contribution in [3.8, 4) is 0 Å². The Morgan fingerprint density at radius 2 is 2.17 bits per heavy atom. The summed E-state index contributed by atoms with van der Waals surface area (Å²) in [7, 11) is 1.82. The molecule has 0 N–H and O–H groups in total. The molecule has 120 valence electrons. The van der Waals surface area contributed by atoms with Gasteiger partial charge in [0.15, 0.2) is 10.5 Å². The first-order valence-corrected chi connectivity index (χ1v) is 9.34. The van der Waals surface area contributed by atoms with E-state index < -0.39 is 0 Å². The SMILES string of the molecule is CCn1c(=NC(=O)c2cc(C)n(C)n2)sc2cc(SC)ccc21. The minimum absolute atomic E-state index is 0.299. The topological polar surface area (TPSA) is 52.2 Å². The van der Waals surface area contributed by atoms with E-state index in [1.165, 1.54) is 16.2 Å². The van der Waals surface area contributed by atoms with E-state index in [0.29, 0.717) is 10.5 Å². The molecule has 1 aromatic carbocycles. The molecule has 3 aromatic rings. The predicted octanol–water partition coefficient (Wildman–Crippen LogP) is 3.23.